The number of carbonyl (C=O) groups is 2. The van der Waals surface area contributed by atoms with Crippen molar-refractivity contribution in [2.45, 2.75) is 161 Å². The highest BCUT2D eigenvalue weighted by Gasteiger charge is 2.25. The molecule has 0 aromatic rings. The number of hydrogen-bond acceptors (Lipinski definition) is 9. The number of aliphatic hydroxyl groups is 1. The van der Waals surface area contributed by atoms with Gasteiger partial charge in [-0.1, -0.05) is 156 Å². The van der Waals surface area contributed by atoms with Gasteiger partial charge in [0, 0.05) is 19.4 Å². The zero-order chi connectivity index (χ0) is 42.6. The molecule has 0 radical (unpaired) electrons. The SMILES string of the molecule is CC/C=C\C/C=C\C/C=C\C/C=C\C=C/C(O)C/C=C\CCC(=O)OC[C@H](COP(=O)(O)OCCN)OC(=O)CCCCCCCCC/C=C\C/C=C\CCCCC. The van der Waals surface area contributed by atoms with Crippen LogP contribution >= 0.6 is 7.82 Å². The molecule has 58 heavy (non-hydrogen) atoms. The molecular formula is C47H78NO9P. The average molecular weight is 832 g/mol. The Labute approximate surface area is 351 Å². The first-order valence-electron chi connectivity index (χ1n) is 21.8. The van der Waals surface area contributed by atoms with Crippen LogP contribution < -0.4 is 5.73 Å². The summed E-state index contributed by atoms with van der Waals surface area (Å²) >= 11 is 0. The van der Waals surface area contributed by atoms with E-state index < -0.39 is 38.6 Å². The zero-order valence-corrected chi connectivity index (χ0v) is 36.7. The Morgan fingerprint density at radius 1 is 0.621 bits per heavy atom. The van der Waals surface area contributed by atoms with E-state index in [4.69, 9.17) is 24.3 Å². The van der Waals surface area contributed by atoms with Gasteiger partial charge in [0.25, 0.3) is 0 Å². The summed E-state index contributed by atoms with van der Waals surface area (Å²) in [6.45, 7) is 3.36. The van der Waals surface area contributed by atoms with Crippen molar-refractivity contribution in [2.75, 3.05) is 26.4 Å². The van der Waals surface area contributed by atoms with Gasteiger partial charge in [-0.25, -0.2) is 4.57 Å². The van der Waals surface area contributed by atoms with Crippen molar-refractivity contribution in [1.82, 2.24) is 0 Å². The molecule has 0 saturated carbocycles. The van der Waals surface area contributed by atoms with Crippen LogP contribution in [0.1, 0.15) is 149 Å². The summed E-state index contributed by atoms with van der Waals surface area (Å²) in [7, 11) is -4.43. The van der Waals surface area contributed by atoms with Crippen molar-refractivity contribution in [1.29, 1.82) is 0 Å². The molecule has 0 amide bonds. The Kier molecular flexibility index (Phi) is 39.8. The molecule has 0 aromatic carbocycles. The molecule has 0 aliphatic carbocycles. The summed E-state index contributed by atoms with van der Waals surface area (Å²) in [5.74, 6) is -1.03. The van der Waals surface area contributed by atoms with Gasteiger partial charge in [0.15, 0.2) is 6.10 Å². The maximum absolute atomic E-state index is 12.6. The third-order valence-electron chi connectivity index (χ3n) is 8.55. The average Bonchev–Trinajstić information content (AvgIpc) is 3.20. The van der Waals surface area contributed by atoms with Crippen LogP contribution in [-0.2, 0) is 32.7 Å². The minimum absolute atomic E-state index is 0.0226. The maximum atomic E-state index is 12.6. The van der Waals surface area contributed by atoms with Crippen molar-refractivity contribution < 1.29 is 42.7 Å². The summed E-state index contributed by atoms with van der Waals surface area (Å²) in [4.78, 5) is 34.9. The number of allylic oxidation sites excluding steroid dienone is 14. The highest BCUT2D eigenvalue weighted by atomic mass is 31.2. The first kappa shape index (κ1) is 54.9. The topological polar surface area (TPSA) is 155 Å². The fourth-order valence-electron chi connectivity index (χ4n) is 5.30. The van der Waals surface area contributed by atoms with E-state index >= 15 is 0 Å². The van der Waals surface area contributed by atoms with E-state index in [1.54, 1.807) is 18.2 Å². The second kappa shape index (κ2) is 42.0. The lowest BCUT2D eigenvalue weighted by Crippen LogP contribution is -2.29. The largest absolute Gasteiger partial charge is 0.472 e. The van der Waals surface area contributed by atoms with E-state index in [2.05, 4.69) is 74.6 Å². The standard InChI is InChI=1S/C47H78NO9P/c1-3-5-7-9-11-13-15-17-18-19-20-22-24-26-28-30-34-39-47(51)57-45(43-56-58(52,53)55-41-40-48)42-54-46(50)38-35-31-33-37-44(49)36-32-29-27-25-23-21-16-14-12-10-8-6-4-2/h6,8,11-14,17-18,21,23,27,29,31-33,36,44-45,49H,3-5,7,9-10,15-16,19-20,22,24-26,28,30,34-35,37-43,48H2,1-2H3,(H,52,53)/b8-6-,13-11-,14-12-,18-17-,23-21-,29-27-,33-31-,36-32-/t44?,45-/m1/s1. The summed E-state index contributed by atoms with van der Waals surface area (Å²) in [5, 5.41) is 10.2. The van der Waals surface area contributed by atoms with Gasteiger partial charge in [-0.3, -0.25) is 18.6 Å². The number of phosphoric ester groups is 1. The highest BCUT2D eigenvalue weighted by Crippen LogP contribution is 2.43. The molecule has 0 bridgehead atoms. The lowest BCUT2D eigenvalue weighted by atomic mass is 10.1. The van der Waals surface area contributed by atoms with Gasteiger partial charge >= 0.3 is 19.8 Å². The molecule has 330 valence electrons. The number of ether oxygens (including phenoxy) is 2. The van der Waals surface area contributed by atoms with E-state index in [9.17, 15) is 24.2 Å². The lowest BCUT2D eigenvalue weighted by Gasteiger charge is -2.19. The monoisotopic (exact) mass is 832 g/mol. The summed E-state index contributed by atoms with van der Waals surface area (Å²) in [5.41, 5.74) is 5.34. The number of phosphoric acid groups is 1. The predicted octanol–water partition coefficient (Wildman–Crippen LogP) is 11.6. The second-order valence-corrected chi connectivity index (χ2v) is 15.5. The number of carbonyl (C=O) groups excluding carboxylic acids is 2. The van der Waals surface area contributed by atoms with E-state index in [1.165, 1.54) is 38.5 Å². The van der Waals surface area contributed by atoms with Gasteiger partial charge in [0.05, 0.1) is 19.3 Å². The van der Waals surface area contributed by atoms with E-state index in [0.717, 1.165) is 64.2 Å². The Balaban J connectivity index is 4.40. The first-order chi connectivity index (χ1) is 28.2. The van der Waals surface area contributed by atoms with Gasteiger partial charge in [0.1, 0.15) is 6.61 Å². The van der Waals surface area contributed by atoms with Gasteiger partial charge in [0.2, 0.25) is 0 Å². The predicted molar refractivity (Wildman–Crippen MR) is 239 cm³/mol. The van der Waals surface area contributed by atoms with Crippen molar-refractivity contribution in [2.24, 2.45) is 5.73 Å². The molecule has 2 unspecified atom stereocenters. The third-order valence-corrected chi connectivity index (χ3v) is 9.53. The molecule has 0 saturated heterocycles. The van der Waals surface area contributed by atoms with E-state index in [0.29, 0.717) is 19.3 Å². The molecule has 0 aliphatic rings. The Morgan fingerprint density at radius 2 is 1.19 bits per heavy atom. The van der Waals surface area contributed by atoms with E-state index in [-0.39, 0.29) is 32.6 Å². The first-order valence-corrected chi connectivity index (χ1v) is 23.3. The molecule has 3 atom stereocenters. The smallest absolute Gasteiger partial charge is 0.462 e. The van der Waals surface area contributed by atoms with Gasteiger partial charge in [-0.15, -0.1) is 0 Å². The molecule has 0 heterocycles. The fraction of sp³-hybridized carbons (Fsp3) is 0.617. The van der Waals surface area contributed by atoms with Crippen molar-refractivity contribution in [3.05, 3.63) is 97.2 Å². The Morgan fingerprint density at radius 3 is 1.83 bits per heavy atom. The summed E-state index contributed by atoms with van der Waals surface area (Å²) in [6.07, 6.45) is 50.4. The number of aliphatic hydroxyl groups excluding tert-OH is 1. The van der Waals surface area contributed by atoms with Gasteiger partial charge < -0.3 is 25.2 Å². The molecule has 0 fully saturated rings. The van der Waals surface area contributed by atoms with Gasteiger partial charge in [-0.2, -0.15) is 0 Å². The maximum Gasteiger partial charge on any atom is 0.472 e. The molecule has 10 nitrogen and oxygen atoms in total. The van der Waals surface area contributed by atoms with Crippen LogP contribution in [0.15, 0.2) is 97.2 Å². The Hall–Kier alpha value is -3.11. The lowest BCUT2D eigenvalue weighted by molar-refractivity contribution is -0.161. The van der Waals surface area contributed by atoms with Crippen LogP contribution in [0.2, 0.25) is 0 Å². The quantitative estimate of drug-likeness (QED) is 0.0179. The molecular weight excluding hydrogens is 753 g/mol. The molecule has 0 aliphatic heterocycles. The number of rotatable bonds is 39. The minimum atomic E-state index is -4.43. The summed E-state index contributed by atoms with van der Waals surface area (Å²) in [6, 6.07) is 0. The minimum Gasteiger partial charge on any atom is -0.462 e. The zero-order valence-electron chi connectivity index (χ0n) is 35.8. The number of hydrogen-bond donors (Lipinski definition) is 3. The van der Waals surface area contributed by atoms with Crippen LogP contribution in [-0.4, -0.2) is 60.5 Å². The molecule has 11 heteroatoms. The molecule has 0 aromatic heterocycles. The van der Waals surface area contributed by atoms with Crippen LogP contribution in [0.3, 0.4) is 0 Å². The molecule has 0 spiro atoms. The summed E-state index contributed by atoms with van der Waals surface area (Å²) < 4.78 is 32.6. The molecule has 0 rings (SSSR count). The molecule has 4 N–H and O–H groups in total. The van der Waals surface area contributed by atoms with Crippen molar-refractivity contribution in [3.63, 3.8) is 0 Å². The normalized spacial score (nSPS) is 14.8. The third kappa shape index (κ3) is 41.1. The van der Waals surface area contributed by atoms with Crippen LogP contribution in [0, 0.1) is 0 Å². The van der Waals surface area contributed by atoms with E-state index in [1.807, 2.05) is 18.2 Å². The fourth-order valence-corrected chi connectivity index (χ4v) is 6.07. The number of unbranched alkanes of at least 4 members (excludes halogenated alkanes) is 10. The van der Waals surface area contributed by atoms with Crippen molar-refractivity contribution >= 4 is 19.8 Å². The Bertz CT molecular complexity index is 1280. The van der Waals surface area contributed by atoms with Crippen molar-refractivity contribution in [3.8, 4) is 0 Å². The van der Waals surface area contributed by atoms with Crippen LogP contribution in [0.4, 0.5) is 0 Å². The second-order valence-electron chi connectivity index (χ2n) is 14.0. The highest BCUT2D eigenvalue weighted by molar-refractivity contribution is 7.47. The number of nitrogens with two attached hydrogens (primary N) is 1. The van der Waals surface area contributed by atoms with Gasteiger partial charge in [-0.05, 0) is 77.0 Å². The number of esters is 2. The van der Waals surface area contributed by atoms with Crippen LogP contribution in [0.25, 0.3) is 0 Å². The van der Waals surface area contributed by atoms with Crippen LogP contribution in [0.5, 0.6) is 0 Å².